The Labute approximate surface area is 162 Å². The Morgan fingerprint density at radius 1 is 1.27 bits per heavy atom. The van der Waals surface area contributed by atoms with Crippen molar-refractivity contribution in [2.24, 2.45) is 5.92 Å². The number of rotatable bonds is 8. The maximum absolute atomic E-state index is 11.4. The number of nitrogens with zero attached hydrogens (tertiary/aromatic N) is 3. The van der Waals surface area contributed by atoms with Gasteiger partial charge < -0.3 is 19.7 Å². The van der Waals surface area contributed by atoms with E-state index >= 15 is 0 Å². The molecule has 0 saturated carbocycles. The minimum Gasteiger partial charge on any atom is -0.530 e. The molecule has 0 N–H and O–H groups in total. The number of benzene rings is 1. The van der Waals surface area contributed by atoms with Crippen LogP contribution in [0.15, 0.2) is 24.3 Å². The van der Waals surface area contributed by atoms with E-state index in [4.69, 9.17) is 11.6 Å². The molecule has 1 atom stereocenters. The third-order valence-corrected chi connectivity index (χ3v) is 5.17. The van der Waals surface area contributed by atoms with E-state index in [9.17, 15) is 9.90 Å². The van der Waals surface area contributed by atoms with Crippen LogP contribution >= 0.6 is 11.6 Å². The number of carbonyl (C=O) groups excluding carboxylic acids is 1. The maximum Gasteiger partial charge on any atom is 0.141 e. The molecule has 1 aliphatic rings. The number of halogens is 1. The number of unbranched alkanes of at least 4 members (excludes halogenated alkanes) is 1. The molecule has 146 valence electrons. The summed E-state index contributed by atoms with van der Waals surface area (Å²) in [5, 5.41) is 12.0. The first-order chi connectivity index (χ1) is 12.4. The van der Waals surface area contributed by atoms with Crippen molar-refractivity contribution >= 4 is 23.4 Å². The minimum atomic E-state index is -1.16. The van der Waals surface area contributed by atoms with Gasteiger partial charge in [0.05, 0.1) is 0 Å². The molecule has 1 aromatic carbocycles. The lowest BCUT2D eigenvalue weighted by Crippen LogP contribution is -2.52. The van der Waals surface area contributed by atoms with Crippen LogP contribution in [0.4, 0.5) is 10.5 Å². The molecule has 2 rings (SSSR count). The largest absolute Gasteiger partial charge is 0.530 e. The molecule has 1 aromatic rings. The van der Waals surface area contributed by atoms with Crippen LogP contribution in [0.25, 0.3) is 0 Å². The highest BCUT2D eigenvalue weighted by Crippen LogP contribution is 2.18. The highest BCUT2D eigenvalue weighted by atomic mass is 35.5. The van der Waals surface area contributed by atoms with Gasteiger partial charge in [-0.1, -0.05) is 25.4 Å². The van der Waals surface area contributed by atoms with Crippen molar-refractivity contribution in [2.75, 3.05) is 44.2 Å². The Bertz CT molecular complexity index is 565. The fourth-order valence-corrected chi connectivity index (χ4v) is 3.69. The number of carboxylic acid groups (broad SMARTS) is 1. The monoisotopic (exact) mass is 380 g/mol. The predicted molar refractivity (Wildman–Crippen MR) is 106 cm³/mol. The molecular weight excluding hydrogens is 350 g/mol. The molecule has 0 bridgehead atoms. The maximum atomic E-state index is 11.4. The van der Waals surface area contributed by atoms with Crippen molar-refractivity contribution in [3.05, 3.63) is 29.3 Å². The molecule has 1 heterocycles. The van der Waals surface area contributed by atoms with E-state index in [1.807, 2.05) is 0 Å². The molecule has 0 radical (unpaired) electrons. The van der Waals surface area contributed by atoms with Crippen molar-refractivity contribution in [2.45, 2.75) is 39.7 Å². The second-order valence-electron chi connectivity index (χ2n) is 7.64. The zero-order chi connectivity index (χ0) is 19.1. The SMILES string of the molecule is CC(C)CN1CCN(CCCCN(C(=O)[O-])c2ccc(Cl)cc2)CC1C. The number of carbonyl (C=O) groups is 1. The van der Waals surface area contributed by atoms with E-state index in [-0.39, 0.29) is 0 Å². The summed E-state index contributed by atoms with van der Waals surface area (Å²) in [4.78, 5) is 17.8. The molecule has 26 heavy (non-hydrogen) atoms. The van der Waals surface area contributed by atoms with Gasteiger partial charge in [0.2, 0.25) is 0 Å². The Hall–Kier alpha value is -1.30. The van der Waals surface area contributed by atoms with Crippen molar-refractivity contribution < 1.29 is 9.90 Å². The smallest absolute Gasteiger partial charge is 0.141 e. The van der Waals surface area contributed by atoms with E-state index in [1.54, 1.807) is 24.3 Å². The fourth-order valence-electron chi connectivity index (χ4n) is 3.57. The quantitative estimate of drug-likeness (QED) is 0.650. The molecule has 5 nitrogen and oxygen atoms in total. The van der Waals surface area contributed by atoms with E-state index < -0.39 is 6.09 Å². The van der Waals surface area contributed by atoms with Gasteiger partial charge in [-0.25, -0.2) is 0 Å². The van der Waals surface area contributed by atoms with Gasteiger partial charge in [0.1, 0.15) is 6.09 Å². The van der Waals surface area contributed by atoms with E-state index in [2.05, 4.69) is 30.6 Å². The van der Waals surface area contributed by atoms with Gasteiger partial charge in [-0.05, 0) is 56.5 Å². The van der Waals surface area contributed by atoms with Gasteiger partial charge >= 0.3 is 0 Å². The van der Waals surface area contributed by atoms with E-state index in [1.165, 1.54) is 4.90 Å². The van der Waals surface area contributed by atoms with Crippen LogP contribution in [-0.4, -0.2) is 61.2 Å². The van der Waals surface area contributed by atoms with Gasteiger partial charge in [-0.3, -0.25) is 4.90 Å². The molecule has 1 unspecified atom stereocenters. The highest BCUT2D eigenvalue weighted by molar-refractivity contribution is 6.30. The summed E-state index contributed by atoms with van der Waals surface area (Å²) in [6.45, 7) is 12.8. The Kier molecular flexibility index (Phi) is 8.19. The number of piperazine rings is 1. The zero-order valence-electron chi connectivity index (χ0n) is 16.2. The Morgan fingerprint density at radius 3 is 2.54 bits per heavy atom. The summed E-state index contributed by atoms with van der Waals surface area (Å²) in [6.07, 6.45) is 0.633. The first kappa shape index (κ1) is 21.0. The molecule has 0 spiro atoms. The molecular formula is C20H31ClN3O2-. The van der Waals surface area contributed by atoms with Gasteiger partial charge in [-0.2, -0.15) is 0 Å². The molecule has 6 heteroatoms. The van der Waals surface area contributed by atoms with E-state index in [0.29, 0.717) is 29.2 Å². The van der Waals surface area contributed by atoms with E-state index in [0.717, 1.165) is 45.6 Å². The lowest BCUT2D eigenvalue weighted by atomic mass is 10.1. The summed E-state index contributed by atoms with van der Waals surface area (Å²) in [7, 11) is 0. The van der Waals surface area contributed by atoms with Gasteiger partial charge in [0.15, 0.2) is 0 Å². The summed E-state index contributed by atoms with van der Waals surface area (Å²) in [5.74, 6) is 0.701. The van der Waals surface area contributed by atoms with Crippen molar-refractivity contribution in [1.82, 2.24) is 9.80 Å². The average Bonchev–Trinajstić information content (AvgIpc) is 2.57. The van der Waals surface area contributed by atoms with Gasteiger partial charge in [-0.15, -0.1) is 0 Å². The van der Waals surface area contributed by atoms with Gasteiger partial charge in [0.25, 0.3) is 0 Å². The fraction of sp³-hybridized carbons (Fsp3) is 0.650. The molecule has 1 aliphatic heterocycles. The number of hydrogen-bond acceptors (Lipinski definition) is 4. The summed E-state index contributed by atoms with van der Waals surface area (Å²) in [6, 6.07) is 7.41. The Balaban J connectivity index is 1.73. The van der Waals surface area contributed by atoms with Gasteiger partial charge in [0, 0.05) is 49.5 Å². The minimum absolute atomic E-state index is 0.451. The van der Waals surface area contributed by atoms with Crippen LogP contribution in [0.5, 0.6) is 0 Å². The molecule has 0 aliphatic carbocycles. The second-order valence-corrected chi connectivity index (χ2v) is 8.08. The predicted octanol–water partition coefficient (Wildman–Crippen LogP) is 2.93. The lowest BCUT2D eigenvalue weighted by Gasteiger charge is -2.40. The molecule has 1 saturated heterocycles. The van der Waals surface area contributed by atoms with Crippen LogP contribution < -0.4 is 10.0 Å². The summed E-state index contributed by atoms with van der Waals surface area (Å²) >= 11 is 5.87. The number of hydrogen-bond donors (Lipinski definition) is 0. The summed E-state index contributed by atoms with van der Waals surface area (Å²) in [5.41, 5.74) is 0.616. The van der Waals surface area contributed by atoms with Crippen LogP contribution in [0, 0.1) is 5.92 Å². The van der Waals surface area contributed by atoms with Crippen LogP contribution in [0.1, 0.15) is 33.6 Å². The average molecular weight is 381 g/mol. The Morgan fingerprint density at radius 2 is 1.96 bits per heavy atom. The van der Waals surface area contributed by atoms with Crippen LogP contribution in [-0.2, 0) is 0 Å². The normalized spacial score (nSPS) is 19.0. The molecule has 0 aromatic heterocycles. The third-order valence-electron chi connectivity index (χ3n) is 4.91. The zero-order valence-corrected chi connectivity index (χ0v) is 16.9. The lowest BCUT2D eigenvalue weighted by molar-refractivity contribution is -0.246. The molecule has 1 fully saturated rings. The second kappa shape index (κ2) is 10.1. The van der Waals surface area contributed by atoms with Crippen molar-refractivity contribution in [3.8, 4) is 0 Å². The first-order valence-corrected chi connectivity index (χ1v) is 9.95. The van der Waals surface area contributed by atoms with Crippen LogP contribution in [0.3, 0.4) is 0 Å². The number of amides is 1. The van der Waals surface area contributed by atoms with Crippen LogP contribution in [0.2, 0.25) is 5.02 Å². The third kappa shape index (κ3) is 6.45. The summed E-state index contributed by atoms with van der Waals surface area (Å²) < 4.78 is 0. The first-order valence-electron chi connectivity index (χ1n) is 9.57. The number of anilines is 1. The molecule has 1 amide bonds. The topological polar surface area (TPSA) is 49.8 Å². The highest BCUT2D eigenvalue weighted by Gasteiger charge is 2.23. The standard InChI is InChI=1S/C20H32ClN3O2/c1-16(2)14-23-13-12-22(15-17(23)3)10-4-5-11-24(20(25)26)19-8-6-18(21)7-9-19/h6-9,16-17H,4-5,10-15H2,1-3H3,(H,25,26)/p-1. The van der Waals surface area contributed by atoms with Crippen molar-refractivity contribution in [1.29, 1.82) is 0 Å². The van der Waals surface area contributed by atoms with Crippen molar-refractivity contribution in [3.63, 3.8) is 0 Å².